The molecule has 0 fully saturated rings. The van der Waals surface area contributed by atoms with Crippen molar-refractivity contribution in [2.24, 2.45) is 0 Å². The van der Waals surface area contributed by atoms with Gasteiger partial charge in [0.05, 0.1) is 11.1 Å². The standard InChI is InChI=1S/C12H22N2OS/c1-9-8-16-12(14-9)7-11(13-3)6-5-10(2)15-4/h8,10-11,13H,5-7H2,1-4H3. The lowest BCUT2D eigenvalue weighted by Crippen LogP contribution is -2.28. The van der Waals surface area contributed by atoms with Gasteiger partial charge in [-0.3, -0.25) is 0 Å². The number of aryl methyl sites for hydroxylation is 1. The highest BCUT2D eigenvalue weighted by Crippen LogP contribution is 2.14. The number of thiazole rings is 1. The Morgan fingerprint density at radius 1 is 1.50 bits per heavy atom. The lowest BCUT2D eigenvalue weighted by molar-refractivity contribution is 0.106. The van der Waals surface area contributed by atoms with Gasteiger partial charge in [0, 0.05) is 30.6 Å². The molecule has 3 nitrogen and oxygen atoms in total. The molecular weight excluding hydrogens is 220 g/mol. The predicted molar refractivity (Wildman–Crippen MR) is 69.1 cm³/mol. The number of rotatable bonds is 7. The molecule has 0 bridgehead atoms. The molecule has 4 heteroatoms. The van der Waals surface area contributed by atoms with Gasteiger partial charge in [-0.15, -0.1) is 11.3 Å². The van der Waals surface area contributed by atoms with Crippen LogP contribution in [-0.4, -0.2) is 31.3 Å². The van der Waals surface area contributed by atoms with Crippen molar-refractivity contribution in [2.75, 3.05) is 14.2 Å². The predicted octanol–water partition coefficient (Wildman–Crippen LogP) is 2.40. The number of hydrogen-bond acceptors (Lipinski definition) is 4. The van der Waals surface area contributed by atoms with Crippen molar-refractivity contribution in [2.45, 2.75) is 45.3 Å². The Morgan fingerprint density at radius 3 is 2.75 bits per heavy atom. The Bertz CT molecular complexity index is 301. The van der Waals surface area contributed by atoms with Gasteiger partial charge in [0.25, 0.3) is 0 Å². The summed E-state index contributed by atoms with van der Waals surface area (Å²) in [6.45, 7) is 4.15. The van der Waals surface area contributed by atoms with Gasteiger partial charge in [-0.1, -0.05) is 0 Å². The summed E-state index contributed by atoms with van der Waals surface area (Å²) in [6.07, 6.45) is 3.58. The number of nitrogens with one attached hydrogen (secondary N) is 1. The van der Waals surface area contributed by atoms with E-state index in [4.69, 9.17) is 4.74 Å². The third kappa shape index (κ3) is 4.60. The highest BCUT2D eigenvalue weighted by atomic mass is 32.1. The minimum Gasteiger partial charge on any atom is -0.382 e. The molecule has 0 spiro atoms. The van der Waals surface area contributed by atoms with E-state index in [0.717, 1.165) is 25.0 Å². The smallest absolute Gasteiger partial charge is 0.0943 e. The number of methoxy groups -OCH3 is 1. The van der Waals surface area contributed by atoms with Crippen molar-refractivity contribution < 1.29 is 4.74 Å². The monoisotopic (exact) mass is 242 g/mol. The second kappa shape index (κ2) is 6.99. The number of likely N-dealkylation sites (N-methyl/N-ethyl adjacent to an activating group) is 1. The van der Waals surface area contributed by atoms with Gasteiger partial charge >= 0.3 is 0 Å². The normalized spacial score (nSPS) is 15.0. The molecule has 1 heterocycles. The van der Waals surface area contributed by atoms with Crippen molar-refractivity contribution in [1.82, 2.24) is 10.3 Å². The first-order chi connectivity index (χ1) is 7.65. The lowest BCUT2D eigenvalue weighted by Gasteiger charge is -2.17. The van der Waals surface area contributed by atoms with Gasteiger partial charge in [0.15, 0.2) is 0 Å². The number of aromatic nitrogens is 1. The Balaban J connectivity index is 2.37. The summed E-state index contributed by atoms with van der Waals surface area (Å²) in [6, 6.07) is 0.503. The van der Waals surface area contributed by atoms with E-state index in [-0.39, 0.29) is 0 Å². The molecule has 0 saturated heterocycles. The number of hydrogen-bond donors (Lipinski definition) is 1. The number of ether oxygens (including phenoxy) is 1. The Kier molecular flexibility index (Phi) is 5.95. The molecule has 1 aromatic rings. The third-order valence-electron chi connectivity index (χ3n) is 2.82. The summed E-state index contributed by atoms with van der Waals surface area (Å²) < 4.78 is 5.26. The zero-order chi connectivity index (χ0) is 12.0. The average Bonchev–Trinajstić information content (AvgIpc) is 2.69. The van der Waals surface area contributed by atoms with Gasteiger partial charge in [0.2, 0.25) is 0 Å². The van der Waals surface area contributed by atoms with Gasteiger partial charge in [-0.05, 0) is 33.7 Å². The molecule has 0 aromatic carbocycles. The zero-order valence-electron chi connectivity index (χ0n) is 10.6. The first kappa shape index (κ1) is 13.6. The topological polar surface area (TPSA) is 34.1 Å². The maximum Gasteiger partial charge on any atom is 0.0943 e. The van der Waals surface area contributed by atoms with E-state index in [1.165, 1.54) is 5.01 Å². The SMILES string of the molecule is CNC(CCC(C)OC)Cc1nc(C)cs1. The second-order valence-corrected chi connectivity index (χ2v) is 5.14. The molecule has 1 rings (SSSR count). The molecule has 0 aliphatic carbocycles. The first-order valence-corrected chi connectivity index (χ1v) is 6.64. The molecule has 0 radical (unpaired) electrons. The zero-order valence-corrected chi connectivity index (χ0v) is 11.4. The molecular formula is C12H22N2OS. The molecule has 92 valence electrons. The molecule has 2 atom stereocenters. The fourth-order valence-electron chi connectivity index (χ4n) is 1.61. The van der Waals surface area contributed by atoms with Gasteiger partial charge in [-0.2, -0.15) is 0 Å². The van der Waals surface area contributed by atoms with Crippen molar-refractivity contribution in [3.05, 3.63) is 16.1 Å². The molecule has 2 unspecified atom stereocenters. The second-order valence-electron chi connectivity index (χ2n) is 4.20. The van der Waals surface area contributed by atoms with Crippen LogP contribution in [0, 0.1) is 6.92 Å². The van der Waals surface area contributed by atoms with Crippen LogP contribution in [-0.2, 0) is 11.2 Å². The molecule has 1 N–H and O–H groups in total. The van der Waals surface area contributed by atoms with Crippen molar-refractivity contribution in [1.29, 1.82) is 0 Å². The quantitative estimate of drug-likeness (QED) is 0.797. The summed E-state index contributed by atoms with van der Waals surface area (Å²) in [5.41, 5.74) is 1.13. The number of nitrogens with zero attached hydrogens (tertiary/aromatic N) is 1. The van der Waals surface area contributed by atoms with Crippen molar-refractivity contribution in [3.63, 3.8) is 0 Å². The maximum absolute atomic E-state index is 5.26. The summed E-state index contributed by atoms with van der Waals surface area (Å²) in [4.78, 5) is 4.49. The van der Waals surface area contributed by atoms with Crippen molar-refractivity contribution in [3.8, 4) is 0 Å². The summed E-state index contributed by atoms with van der Waals surface area (Å²) in [5, 5.41) is 6.69. The van der Waals surface area contributed by atoms with Crippen LogP contribution in [0.5, 0.6) is 0 Å². The molecule has 0 aliphatic heterocycles. The molecule has 0 saturated carbocycles. The van der Waals surface area contributed by atoms with Crippen LogP contribution in [0.3, 0.4) is 0 Å². The van der Waals surface area contributed by atoms with Crippen LogP contribution in [0.25, 0.3) is 0 Å². The summed E-state index contributed by atoms with van der Waals surface area (Å²) in [7, 11) is 3.78. The van der Waals surface area contributed by atoms with E-state index in [1.807, 2.05) is 14.0 Å². The highest BCUT2D eigenvalue weighted by Gasteiger charge is 2.11. The van der Waals surface area contributed by atoms with Crippen LogP contribution >= 0.6 is 11.3 Å². The van der Waals surface area contributed by atoms with Crippen LogP contribution in [0.4, 0.5) is 0 Å². The van der Waals surface area contributed by atoms with E-state index < -0.39 is 0 Å². The van der Waals surface area contributed by atoms with Gasteiger partial charge < -0.3 is 10.1 Å². The van der Waals surface area contributed by atoms with Crippen molar-refractivity contribution >= 4 is 11.3 Å². The van der Waals surface area contributed by atoms with E-state index in [2.05, 4.69) is 22.6 Å². The molecule has 16 heavy (non-hydrogen) atoms. The van der Waals surface area contributed by atoms with E-state index in [0.29, 0.717) is 12.1 Å². The van der Waals surface area contributed by atoms with Crippen LogP contribution < -0.4 is 5.32 Å². The Labute approximate surface area is 102 Å². The van der Waals surface area contributed by atoms with Gasteiger partial charge in [0.1, 0.15) is 0 Å². The van der Waals surface area contributed by atoms with Crippen LogP contribution in [0.15, 0.2) is 5.38 Å². The van der Waals surface area contributed by atoms with Gasteiger partial charge in [-0.25, -0.2) is 4.98 Å². The summed E-state index contributed by atoms with van der Waals surface area (Å²) in [5.74, 6) is 0. The fraction of sp³-hybridized carbons (Fsp3) is 0.750. The van der Waals surface area contributed by atoms with Crippen LogP contribution in [0.1, 0.15) is 30.5 Å². The highest BCUT2D eigenvalue weighted by molar-refractivity contribution is 7.09. The Morgan fingerprint density at radius 2 is 2.25 bits per heavy atom. The molecule has 0 amide bonds. The lowest BCUT2D eigenvalue weighted by atomic mass is 10.1. The van der Waals surface area contributed by atoms with E-state index >= 15 is 0 Å². The fourth-order valence-corrected chi connectivity index (χ4v) is 2.46. The minimum absolute atomic E-state index is 0.342. The van der Waals surface area contributed by atoms with E-state index in [1.54, 1.807) is 18.4 Å². The van der Waals surface area contributed by atoms with E-state index in [9.17, 15) is 0 Å². The first-order valence-electron chi connectivity index (χ1n) is 5.76. The third-order valence-corrected chi connectivity index (χ3v) is 3.81. The average molecular weight is 242 g/mol. The maximum atomic E-state index is 5.26. The Hall–Kier alpha value is -0.450. The molecule has 1 aromatic heterocycles. The summed E-state index contributed by atoms with van der Waals surface area (Å²) >= 11 is 1.75. The minimum atomic E-state index is 0.342. The largest absolute Gasteiger partial charge is 0.382 e. The molecule has 0 aliphatic rings. The van der Waals surface area contributed by atoms with Crippen LogP contribution in [0.2, 0.25) is 0 Å².